The molecule has 0 fully saturated rings. The van der Waals surface area contributed by atoms with Crippen LogP contribution in [0.5, 0.6) is 0 Å². The van der Waals surface area contributed by atoms with E-state index in [-0.39, 0.29) is 16.5 Å². The molecule has 0 N–H and O–H groups in total. The Morgan fingerprint density at radius 2 is 1.72 bits per heavy atom. The number of alkyl halides is 1. The minimum atomic E-state index is -0.311. The standard InChI is InChI=1S/C14H10Br2F2/c1-8-4-10(6-11(17)5-8)14(16)9-2-3-13(18)12(15)7-9/h2-7,14H,1H3. The summed E-state index contributed by atoms with van der Waals surface area (Å²) in [6, 6.07) is 9.61. The monoisotopic (exact) mass is 374 g/mol. The molecule has 2 rings (SSSR count). The van der Waals surface area contributed by atoms with Crippen LogP contribution < -0.4 is 0 Å². The quantitative estimate of drug-likeness (QED) is 0.606. The van der Waals surface area contributed by atoms with Crippen molar-refractivity contribution in [3.8, 4) is 0 Å². The molecule has 0 saturated heterocycles. The highest BCUT2D eigenvalue weighted by Crippen LogP contribution is 2.33. The summed E-state index contributed by atoms with van der Waals surface area (Å²) in [5.41, 5.74) is 2.54. The van der Waals surface area contributed by atoms with E-state index in [0.717, 1.165) is 16.7 Å². The van der Waals surface area contributed by atoms with Crippen LogP contribution in [0.4, 0.5) is 8.78 Å². The first-order valence-electron chi connectivity index (χ1n) is 5.33. The van der Waals surface area contributed by atoms with Gasteiger partial charge in [0, 0.05) is 0 Å². The third-order valence-corrected chi connectivity index (χ3v) is 4.26. The number of hydrogen-bond acceptors (Lipinski definition) is 0. The Kier molecular flexibility index (Phi) is 4.17. The third kappa shape index (κ3) is 2.98. The molecule has 94 valence electrons. The lowest BCUT2D eigenvalue weighted by atomic mass is 10.0. The molecular weight excluding hydrogens is 366 g/mol. The van der Waals surface area contributed by atoms with Crippen LogP contribution in [0.25, 0.3) is 0 Å². The van der Waals surface area contributed by atoms with Gasteiger partial charge in [0.15, 0.2) is 0 Å². The molecule has 2 aromatic carbocycles. The Balaban J connectivity index is 2.40. The molecule has 0 aliphatic carbocycles. The highest BCUT2D eigenvalue weighted by molar-refractivity contribution is 9.10. The van der Waals surface area contributed by atoms with Crippen LogP contribution in [0.15, 0.2) is 40.9 Å². The van der Waals surface area contributed by atoms with Crippen molar-refractivity contribution in [1.82, 2.24) is 0 Å². The lowest BCUT2D eigenvalue weighted by molar-refractivity contribution is 0.619. The van der Waals surface area contributed by atoms with Gasteiger partial charge in [-0.3, -0.25) is 0 Å². The fourth-order valence-corrected chi connectivity index (χ4v) is 2.72. The number of rotatable bonds is 2. The lowest BCUT2D eigenvalue weighted by Crippen LogP contribution is -1.95. The van der Waals surface area contributed by atoms with Gasteiger partial charge >= 0.3 is 0 Å². The second kappa shape index (κ2) is 5.49. The van der Waals surface area contributed by atoms with E-state index in [0.29, 0.717) is 4.47 Å². The van der Waals surface area contributed by atoms with E-state index < -0.39 is 0 Å². The van der Waals surface area contributed by atoms with Gasteiger partial charge in [-0.15, -0.1) is 0 Å². The van der Waals surface area contributed by atoms with Crippen molar-refractivity contribution >= 4 is 31.9 Å². The summed E-state index contributed by atoms with van der Waals surface area (Å²) in [6.07, 6.45) is 0. The predicted octanol–water partition coefficient (Wildman–Crippen LogP) is 5.52. The number of benzene rings is 2. The second-order valence-electron chi connectivity index (χ2n) is 4.10. The molecule has 0 saturated carbocycles. The Morgan fingerprint density at radius 3 is 2.33 bits per heavy atom. The molecule has 0 nitrogen and oxygen atoms in total. The van der Waals surface area contributed by atoms with Crippen molar-refractivity contribution in [1.29, 1.82) is 0 Å². The summed E-state index contributed by atoms with van der Waals surface area (Å²) in [4.78, 5) is -0.163. The average Bonchev–Trinajstić information content (AvgIpc) is 2.30. The summed E-state index contributed by atoms with van der Waals surface area (Å²) >= 11 is 6.66. The molecule has 2 aromatic rings. The van der Waals surface area contributed by atoms with Crippen LogP contribution in [0, 0.1) is 18.6 Å². The van der Waals surface area contributed by atoms with Gasteiger partial charge in [0.25, 0.3) is 0 Å². The van der Waals surface area contributed by atoms with Crippen LogP contribution in [0.1, 0.15) is 21.5 Å². The molecule has 0 spiro atoms. The van der Waals surface area contributed by atoms with Crippen molar-refractivity contribution in [2.24, 2.45) is 0 Å². The first-order valence-corrected chi connectivity index (χ1v) is 7.04. The largest absolute Gasteiger partial charge is 0.207 e. The maximum Gasteiger partial charge on any atom is 0.137 e. The Labute approximate surface area is 121 Å². The molecule has 1 atom stereocenters. The molecule has 4 heteroatoms. The molecule has 0 bridgehead atoms. The fourth-order valence-electron chi connectivity index (χ4n) is 1.77. The fraction of sp³-hybridized carbons (Fsp3) is 0.143. The third-order valence-electron chi connectivity index (χ3n) is 2.59. The van der Waals surface area contributed by atoms with Crippen molar-refractivity contribution in [3.05, 3.63) is 69.2 Å². The summed E-state index contributed by atoms with van der Waals surface area (Å²) < 4.78 is 26.9. The maximum absolute atomic E-state index is 13.4. The van der Waals surface area contributed by atoms with Gasteiger partial charge in [0.2, 0.25) is 0 Å². The van der Waals surface area contributed by atoms with E-state index >= 15 is 0 Å². The van der Waals surface area contributed by atoms with E-state index in [1.807, 2.05) is 13.0 Å². The summed E-state index contributed by atoms with van der Waals surface area (Å²) in [5.74, 6) is -0.579. The molecule has 0 aliphatic heterocycles. The van der Waals surface area contributed by atoms with Gasteiger partial charge in [-0.05, 0) is 63.8 Å². The predicted molar refractivity (Wildman–Crippen MR) is 76.0 cm³/mol. The zero-order chi connectivity index (χ0) is 13.3. The van der Waals surface area contributed by atoms with Crippen molar-refractivity contribution in [2.75, 3.05) is 0 Å². The summed E-state index contributed by atoms with van der Waals surface area (Å²) in [7, 11) is 0. The summed E-state index contributed by atoms with van der Waals surface area (Å²) in [6.45, 7) is 1.84. The molecule has 0 aromatic heterocycles. The van der Waals surface area contributed by atoms with Gasteiger partial charge in [-0.2, -0.15) is 0 Å². The minimum Gasteiger partial charge on any atom is -0.207 e. The molecule has 0 aliphatic rings. The van der Waals surface area contributed by atoms with E-state index in [1.165, 1.54) is 18.2 Å². The topological polar surface area (TPSA) is 0 Å². The molecule has 0 radical (unpaired) electrons. The molecule has 18 heavy (non-hydrogen) atoms. The highest BCUT2D eigenvalue weighted by atomic mass is 79.9. The Hall–Kier alpha value is -0.740. The zero-order valence-electron chi connectivity index (χ0n) is 9.55. The van der Waals surface area contributed by atoms with Crippen LogP contribution in [-0.4, -0.2) is 0 Å². The number of hydrogen-bond donors (Lipinski definition) is 0. The first kappa shape index (κ1) is 13.7. The summed E-state index contributed by atoms with van der Waals surface area (Å²) in [5, 5.41) is 0. The van der Waals surface area contributed by atoms with E-state index in [1.54, 1.807) is 12.1 Å². The van der Waals surface area contributed by atoms with Gasteiger partial charge in [0.1, 0.15) is 11.6 Å². The van der Waals surface area contributed by atoms with Gasteiger partial charge in [0.05, 0.1) is 9.30 Å². The molecule has 0 amide bonds. The van der Waals surface area contributed by atoms with Gasteiger partial charge < -0.3 is 0 Å². The van der Waals surface area contributed by atoms with Crippen LogP contribution in [0.3, 0.4) is 0 Å². The van der Waals surface area contributed by atoms with Gasteiger partial charge in [-0.25, -0.2) is 8.78 Å². The minimum absolute atomic E-state index is 0.163. The van der Waals surface area contributed by atoms with Crippen molar-refractivity contribution in [3.63, 3.8) is 0 Å². The number of halogens is 4. The first-order chi connectivity index (χ1) is 8.47. The number of aryl methyl sites for hydroxylation is 1. The van der Waals surface area contributed by atoms with Crippen LogP contribution in [-0.2, 0) is 0 Å². The van der Waals surface area contributed by atoms with Gasteiger partial charge in [-0.1, -0.05) is 28.1 Å². The second-order valence-corrected chi connectivity index (χ2v) is 5.87. The Bertz CT molecular complexity index is 562. The normalized spacial score (nSPS) is 12.5. The smallest absolute Gasteiger partial charge is 0.137 e. The maximum atomic E-state index is 13.4. The van der Waals surface area contributed by atoms with E-state index in [4.69, 9.17) is 0 Å². The molecule has 1 unspecified atom stereocenters. The van der Waals surface area contributed by atoms with E-state index in [2.05, 4.69) is 31.9 Å². The van der Waals surface area contributed by atoms with Crippen molar-refractivity contribution in [2.45, 2.75) is 11.8 Å². The SMILES string of the molecule is Cc1cc(F)cc(C(Br)c2ccc(F)c(Br)c2)c1. The highest BCUT2D eigenvalue weighted by Gasteiger charge is 2.13. The average molecular weight is 376 g/mol. The Morgan fingerprint density at radius 1 is 1.00 bits per heavy atom. The van der Waals surface area contributed by atoms with Crippen LogP contribution in [0.2, 0.25) is 0 Å². The van der Waals surface area contributed by atoms with Crippen molar-refractivity contribution < 1.29 is 8.78 Å². The molecular formula is C14H10Br2F2. The van der Waals surface area contributed by atoms with E-state index in [9.17, 15) is 8.78 Å². The lowest BCUT2D eigenvalue weighted by Gasteiger charge is -2.12. The zero-order valence-corrected chi connectivity index (χ0v) is 12.7. The molecule has 0 heterocycles. The van der Waals surface area contributed by atoms with Crippen LogP contribution >= 0.6 is 31.9 Å².